The van der Waals surface area contributed by atoms with Crippen LogP contribution in [0.4, 0.5) is 0 Å². The molecular weight excluding hydrogens is 311 g/mol. The summed E-state index contributed by atoms with van der Waals surface area (Å²) in [7, 11) is 0. The summed E-state index contributed by atoms with van der Waals surface area (Å²) in [4.78, 5) is 33.5. The zero-order valence-corrected chi connectivity index (χ0v) is 14.3. The number of unbranched alkanes of at least 4 members (excludes halogenated alkanes) is 2. The molecule has 0 saturated carbocycles. The molecule has 0 heterocycles. The van der Waals surface area contributed by atoms with Crippen LogP contribution in [0.5, 0.6) is 0 Å². The molecular formula is C15H26LiN2O6+. The molecule has 9 heteroatoms. The number of quaternary nitrogens is 1. The summed E-state index contributed by atoms with van der Waals surface area (Å²) in [5, 5.41) is 31.6. The maximum atomic E-state index is 11.7. The van der Waals surface area contributed by atoms with E-state index in [0.29, 0.717) is 6.42 Å². The normalized spacial score (nSPS) is 12.5. The number of amides is 1. The standard InChI is InChI=1S/C15H26N2O6.Li/c1-2-3-4-5-6-13(19)16-7-8-17(9-10-18,11-14(20)21)12-15(22)23;/h2,18H,1,3-12H2,(H2-,16,19,20,21,22,23);/q;+1. The van der Waals surface area contributed by atoms with E-state index in [1.54, 1.807) is 6.08 Å². The average Bonchev–Trinajstić information content (AvgIpc) is 2.42. The van der Waals surface area contributed by atoms with Gasteiger partial charge in [-0.05, 0) is 19.3 Å². The van der Waals surface area contributed by atoms with Crippen molar-refractivity contribution in [2.75, 3.05) is 39.3 Å². The van der Waals surface area contributed by atoms with Crippen LogP contribution in [0, 0.1) is 0 Å². The Morgan fingerprint density at radius 2 is 1.83 bits per heavy atom. The Hall–Kier alpha value is -1.33. The van der Waals surface area contributed by atoms with Gasteiger partial charge in [0.25, 0.3) is 0 Å². The third kappa shape index (κ3) is 12.1. The number of aliphatic carboxylic acids is 2. The predicted molar refractivity (Wildman–Crippen MR) is 81.1 cm³/mol. The first kappa shape index (κ1) is 24.9. The molecule has 0 radical (unpaired) electrons. The van der Waals surface area contributed by atoms with Crippen molar-refractivity contribution in [2.45, 2.75) is 25.7 Å². The van der Waals surface area contributed by atoms with Crippen LogP contribution in [0.15, 0.2) is 12.7 Å². The molecule has 0 aromatic carbocycles. The number of carbonyl (C=O) groups is 3. The first-order valence-corrected chi connectivity index (χ1v) is 7.60. The zero-order chi connectivity index (χ0) is 17.7. The maximum absolute atomic E-state index is 11.7. The zero-order valence-electron chi connectivity index (χ0n) is 14.3. The van der Waals surface area contributed by atoms with Crippen molar-refractivity contribution >= 4 is 17.8 Å². The third-order valence-corrected chi connectivity index (χ3v) is 3.48. The monoisotopic (exact) mass is 337 g/mol. The molecule has 24 heavy (non-hydrogen) atoms. The first-order chi connectivity index (χ1) is 10.8. The maximum Gasteiger partial charge on any atom is 1.00 e. The van der Waals surface area contributed by atoms with Crippen molar-refractivity contribution in [1.29, 1.82) is 0 Å². The molecule has 1 amide bonds. The molecule has 0 aromatic heterocycles. The molecule has 0 saturated heterocycles. The minimum Gasteiger partial charge on any atom is -0.544 e. The second-order valence-electron chi connectivity index (χ2n) is 5.48. The van der Waals surface area contributed by atoms with E-state index in [2.05, 4.69) is 11.9 Å². The second kappa shape index (κ2) is 14.0. The molecule has 0 spiro atoms. The molecule has 0 aliphatic heterocycles. The van der Waals surface area contributed by atoms with E-state index in [0.717, 1.165) is 19.3 Å². The van der Waals surface area contributed by atoms with Crippen LogP contribution in [-0.2, 0) is 14.4 Å². The molecule has 0 aromatic rings. The number of nitrogens with one attached hydrogen (secondary N) is 1. The summed E-state index contributed by atoms with van der Waals surface area (Å²) >= 11 is 0. The summed E-state index contributed by atoms with van der Waals surface area (Å²) in [6, 6.07) is 0. The van der Waals surface area contributed by atoms with Gasteiger partial charge in [0.05, 0.1) is 25.7 Å². The Bertz CT molecular complexity index is 401. The Labute approximate surface area is 154 Å². The summed E-state index contributed by atoms with van der Waals surface area (Å²) < 4.78 is -0.370. The van der Waals surface area contributed by atoms with Gasteiger partial charge in [0.15, 0.2) is 6.54 Å². The van der Waals surface area contributed by atoms with Gasteiger partial charge >= 0.3 is 24.8 Å². The first-order valence-electron chi connectivity index (χ1n) is 7.60. The minimum atomic E-state index is -1.39. The van der Waals surface area contributed by atoms with Crippen LogP contribution in [0.2, 0.25) is 0 Å². The molecule has 8 nitrogen and oxygen atoms in total. The van der Waals surface area contributed by atoms with Gasteiger partial charge < -0.3 is 29.9 Å². The Morgan fingerprint density at radius 1 is 1.17 bits per heavy atom. The minimum absolute atomic E-state index is 0. The van der Waals surface area contributed by atoms with E-state index >= 15 is 0 Å². The fraction of sp³-hybridized carbons (Fsp3) is 0.667. The fourth-order valence-corrected chi connectivity index (χ4v) is 2.35. The number of hydrogen-bond donors (Lipinski definition) is 3. The summed E-state index contributed by atoms with van der Waals surface area (Å²) in [5.41, 5.74) is 0. The number of nitrogens with zero attached hydrogens (tertiary/aromatic N) is 1. The quantitative estimate of drug-likeness (QED) is 0.127. The predicted octanol–water partition coefficient (Wildman–Crippen LogP) is -4.50. The van der Waals surface area contributed by atoms with Crippen molar-refractivity contribution in [2.24, 2.45) is 0 Å². The molecule has 0 fully saturated rings. The van der Waals surface area contributed by atoms with Gasteiger partial charge in [-0.1, -0.05) is 6.08 Å². The van der Waals surface area contributed by atoms with Gasteiger partial charge in [0.2, 0.25) is 5.91 Å². The molecule has 3 N–H and O–H groups in total. The van der Waals surface area contributed by atoms with Gasteiger partial charge in [-0.3, -0.25) is 4.79 Å². The number of allylic oxidation sites excluding steroid dienone is 1. The number of aliphatic hydroxyl groups excluding tert-OH is 1. The smallest absolute Gasteiger partial charge is 0.544 e. The Balaban J connectivity index is 0. The van der Waals surface area contributed by atoms with Gasteiger partial charge in [-0.25, -0.2) is 4.79 Å². The number of rotatable bonds is 14. The van der Waals surface area contributed by atoms with E-state index in [-0.39, 0.29) is 55.5 Å². The Kier molecular flexibility index (Phi) is 14.6. The van der Waals surface area contributed by atoms with Crippen LogP contribution in [0.1, 0.15) is 25.7 Å². The molecule has 0 bridgehead atoms. The van der Waals surface area contributed by atoms with Crippen molar-refractivity contribution in [3.05, 3.63) is 12.7 Å². The summed E-state index contributed by atoms with van der Waals surface area (Å²) in [6.07, 6.45) is 4.57. The van der Waals surface area contributed by atoms with E-state index in [1.807, 2.05) is 0 Å². The molecule has 1 unspecified atom stereocenters. The van der Waals surface area contributed by atoms with E-state index in [9.17, 15) is 19.5 Å². The average molecular weight is 337 g/mol. The molecule has 1 atom stereocenters. The largest absolute Gasteiger partial charge is 1.00 e. The van der Waals surface area contributed by atoms with Crippen molar-refractivity contribution < 1.29 is 53.0 Å². The summed E-state index contributed by atoms with van der Waals surface area (Å²) in [5.74, 6) is -2.73. The fourth-order valence-electron chi connectivity index (χ4n) is 2.35. The van der Waals surface area contributed by atoms with Gasteiger partial charge in [-0.2, -0.15) is 0 Å². The van der Waals surface area contributed by atoms with Gasteiger partial charge in [-0.15, -0.1) is 6.58 Å². The number of carboxylic acids is 2. The van der Waals surface area contributed by atoms with Crippen LogP contribution in [0.3, 0.4) is 0 Å². The van der Waals surface area contributed by atoms with Crippen LogP contribution < -0.4 is 29.3 Å². The van der Waals surface area contributed by atoms with E-state index in [4.69, 9.17) is 10.2 Å². The molecule has 0 rings (SSSR count). The number of carboxylic acid groups (broad SMARTS) is 2. The van der Waals surface area contributed by atoms with Crippen molar-refractivity contribution in [3.8, 4) is 0 Å². The Morgan fingerprint density at radius 3 is 2.33 bits per heavy atom. The van der Waals surface area contributed by atoms with E-state index < -0.39 is 25.0 Å². The number of aliphatic hydroxyl groups is 1. The SMILES string of the molecule is C=CCCCCC(=O)NCC[N+](CCO)(CC(=O)[O-])CC(=O)O.[Li+]. The number of carbonyl (C=O) groups excluding carboxylic acids is 2. The van der Waals surface area contributed by atoms with Crippen LogP contribution >= 0.6 is 0 Å². The molecule has 0 aliphatic carbocycles. The topological polar surface area (TPSA) is 127 Å². The van der Waals surface area contributed by atoms with Crippen LogP contribution in [0.25, 0.3) is 0 Å². The second-order valence-corrected chi connectivity index (χ2v) is 5.48. The number of hydrogen-bond acceptors (Lipinski definition) is 5. The molecule has 132 valence electrons. The van der Waals surface area contributed by atoms with E-state index in [1.165, 1.54) is 0 Å². The van der Waals surface area contributed by atoms with Crippen molar-refractivity contribution in [1.82, 2.24) is 5.32 Å². The summed E-state index contributed by atoms with van der Waals surface area (Å²) in [6.45, 7) is 2.47. The third-order valence-electron chi connectivity index (χ3n) is 3.48. The van der Waals surface area contributed by atoms with Gasteiger partial charge in [0, 0.05) is 6.42 Å². The molecule has 0 aliphatic rings. The van der Waals surface area contributed by atoms with Gasteiger partial charge in [0.1, 0.15) is 13.1 Å². The van der Waals surface area contributed by atoms with Crippen molar-refractivity contribution in [3.63, 3.8) is 0 Å². The van der Waals surface area contributed by atoms with Crippen LogP contribution in [-0.4, -0.2) is 71.9 Å².